The fourth-order valence-electron chi connectivity index (χ4n) is 2.38. The minimum atomic E-state index is -0.868. The Morgan fingerprint density at radius 1 is 1.27 bits per heavy atom. The summed E-state index contributed by atoms with van der Waals surface area (Å²) in [6.07, 6.45) is 1.16. The average Bonchev–Trinajstić information content (AvgIpc) is 2.93. The summed E-state index contributed by atoms with van der Waals surface area (Å²) in [6, 6.07) is 2.92. The fraction of sp³-hybridized carbons (Fsp3) is 0.312. The van der Waals surface area contributed by atoms with E-state index >= 15 is 0 Å². The van der Waals surface area contributed by atoms with Crippen molar-refractivity contribution in [3.8, 4) is 5.69 Å². The van der Waals surface area contributed by atoms with Crippen LogP contribution in [0.25, 0.3) is 16.9 Å². The lowest BCUT2D eigenvalue weighted by Crippen LogP contribution is -2.43. The van der Waals surface area contributed by atoms with E-state index in [0.717, 1.165) is 21.6 Å². The molecule has 136 valence electrons. The molecule has 0 aliphatic heterocycles. The second-order valence-electron chi connectivity index (χ2n) is 6.74. The number of nitrogens with zero attached hydrogens (tertiary/aromatic N) is 5. The summed E-state index contributed by atoms with van der Waals surface area (Å²) in [6.45, 7) is 5.21. The predicted octanol–water partition coefficient (Wildman–Crippen LogP) is 1.17. The van der Waals surface area contributed by atoms with Crippen LogP contribution < -0.4 is 10.9 Å². The van der Waals surface area contributed by atoms with Crippen LogP contribution in [0.1, 0.15) is 20.8 Å². The van der Waals surface area contributed by atoms with E-state index in [-0.39, 0.29) is 29.3 Å². The van der Waals surface area contributed by atoms with Gasteiger partial charge >= 0.3 is 0 Å². The zero-order chi connectivity index (χ0) is 19.1. The molecule has 1 aromatic carbocycles. The maximum absolute atomic E-state index is 14.0. The number of rotatable bonds is 3. The van der Waals surface area contributed by atoms with Gasteiger partial charge in [-0.05, 0) is 32.9 Å². The molecule has 1 N–H and O–H groups in total. The Balaban J connectivity index is 1.99. The fourth-order valence-corrected chi connectivity index (χ4v) is 2.38. The summed E-state index contributed by atoms with van der Waals surface area (Å²) < 4.78 is 29.1. The van der Waals surface area contributed by atoms with Gasteiger partial charge in [0, 0.05) is 11.6 Å². The summed E-state index contributed by atoms with van der Waals surface area (Å²) in [7, 11) is 0. The van der Waals surface area contributed by atoms with Crippen LogP contribution in [-0.4, -0.2) is 36.0 Å². The molecule has 1 amide bonds. The van der Waals surface area contributed by atoms with Crippen LogP contribution in [0.4, 0.5) is 8.78 Å². The summed E-state index contributed by atoms with van der Waals surface area (Å²) in [5.74, 6) is -1.97. The molecule has 8 nitrogen and oxygen atoms in total. The van der Waals surface area contributed by atoms with Crippen LogP contribution in [0.5, 0.6) is 0 Å². The number of halogens is 2. The first-order valence-electron chi connectivity index (χ1n) is 7.73. The average molecular weight is 362 g/mol. The Morgan fingerprint density at radius 2 is 2.00 bits per heavy atom. The van der Waals surface area contributed by atoms with Crippen molar-refractivity contribution >= 4 is 17.1 Å². The summed E-state index contributed by atoms with van der Waals surface area (Å²) >= 11 is 0. The smallest absolute Gasteiger partial charge is 0.284 e. The minimum absolute atomic E-state index is 0.00740. The molecule has 3 aromatic rings. The molecule has 0 spiro atoms. The molecule has 10 heteroatoms. The van der Waals surface area contributed by atoms with E-state index in [0.29, 0.717) is 6.07 Å². The van der Waals surface area contributed by atoms with Crippen molar-refractivity contribution in [2.45, 2.75) is 32.9 Å². The molecule has 3 rings (SSSR count). The topological polar surface area (TPSA) is 94.7 Å². The first kappa shape index (κ1) is 17.6. The summed E-state index contributed by atoms with van der Waals surface area (Å²) in [5, 5.41) is 10.2. The number of amides is 1. The minimum Gasteiger partial charge on any atom is -0.350 e. The lowest BCUT2D eigenvalue weighted by Gasteiger charge is -2.20. The molecule has 0 fully saturated rings. The number of fused-ring (bicyclic) bond motifs is 1. The molecule has 0 aliphatic carbocycles. The zero-order valence-corrected chi connectivity index (χ0v) is 14.3. The Bertz CT molecular complexity index is 1050. The first-order chi connectivity index (χ1) is 12.2. The van der Waals surface area contributed by atoms with Gasteiger partial charge in [0.2, 0.25) is 5.91 Å². The summed E-state index contributed by atoms with van der Waals surface area (Å²) in [5.41, 5.74) is -1.24. The predicted molar refractivity (Wildman–Crippen MR) is 88.7 cm³/mol. The van der Waals surface area contributed by atoms with Crippen molar-refractivity contribution in [3.63, 3.8) is 0 Å². The van der Waals surface area contributed by atoms with Gasteiger partial charge in [-0.15, -0.1) is 5.10 Å². The van der Waals surface area contributed by atoms with Crippen molar-refractivity contribution in [1.82, 2.24) is 29.9 Å². The zero-order valence-electron chi connectivity index (χ0n) is 14.3. The molecule has 0 unspecified atom stereocenters. The highest BCUT2D eigenvalue weighted by atomic mass is 19.1. The van der Waals surface area contributed by atoms with E-state index in [1.807, 2.05) is 20.8 Å². The van der Waals surface area contributed by atoms with Crippen LogP contribution in [0.2, 0.25) is 0 Å². The molecule has 0 atom stereocenters. The Hall–Kier alpha value is -3.17. The molecular formula is C16H16F2N6O2. The van der Waals surface area contributed by atoms with E-state index in [9.17, 15) is 18.4 Å². The highest BCUT2D eigenvalue weighted by Crippen LogP contribution is 2.16. The van der Waals surface area contributed by atoms with Gasteiger partial charge in [0.25, 0.3) is 5.56 Å². The number of carbonyl (C=O) groups excluding carboxylic acids is 1. The van der Waals surface area contributed by atoms with Crippen molar-refractivity contribution < 1.29 is 13.6 Å². The van der Waals surface area contributed by atoms with E-state index in [4.69, 9.17) is 0 Å². The third-order valence-electron chi connectivity index (χ3n) is 3.40. The number of aromatic nitrogens is 5. The molecular weight excluding hydrogens is 346 g/mol. The van der Waals surface area contributed by atoms with E-state index in [2.05, 4.69) is 20.6 Å². The molecule has 0 bridgehead atoms. The third-order valence-corrected chi connectivity index (χ3v) is 3.40. The van der Waals surface area contributed by atoms with Gasteiger partial charge in [-0.1, -0.05) is 5.21 Å². The maximum Gasteiger partial charge on any atom is 0.284 e. The summed E-state index contributed by atoms with van der Waals surface area (Å²) in [4.78, 5) is 28.5. The van der Waals surface area contributed by atoms with E-state index < -0.39 is 22.7 Å². The molecule has 26 heavy (non-hydrogen) atoms. The molecule has 2 aromatic heterocycles. The van der Waals surface area contributed by atoms with Gasteiger partial charge in [-0.3, -0.25) is 14.2 Å². The number of carbonyl (C=O) groups is 1. The maximum atomic E-state index is 14.0. The van der Waals surface area contributed by atoms with Gasteiger partial charge in [0.1, 0.15) is 24.4 Å². The third kappa shape index (κ3) is 3.44. The normalized spacial score (nSPS) is 11.7. The first-order valence-corrected chi connectivity index (χ1v) is 7.73. The van der Waals surface area contributed by atoms with Crippen LogP contribution in [0, 0.1) is 11.6 Å². The SMILES string of the molecule is CC(C)(C)NC(=O)Cn1cnc2c(nnn2-c2ccc(F)cc2F)c1=O. The number of nitrogens with one attached hydrogen (secondary N) is 1. The molecule has 0 saturated heterocycles. The van der Waals surface area contributed by atoms with Crippen LogP contribution in [-0.2, 0) is 11.3 Å². The van der Waals surface area contributed by atoms with Gasteiger partial charge < -0.3 is 5.32 Å². The lowest BCUT2D eigenvalue weighted by molar-refractivity contribution is -0.123. The van der Waals surface area contributed by atoms with Gasteiger partial charge in [-0.2, -0.15) is 4.68 Å². The van der Waals surface area contributed by atoms with Gasteiger partial charge in [-0.25, -0.2) is 13.8 Å². The van der Waals surface area contributed by atoms with Crippen LogP contribution in [0.3, 0.4) is 0 Å². The van der Waals surface area contributed by atoms with Gasteiger partial charge in [0.15, 0.2) is 17.0 Å². The Morgan fingerprint density at radius 3 is 2.65 bits per heavy atom. The molecule has 0 radical (unpaired) electrons. The second kappa shape index (κ2) is 6.28. The Kier molecular flexibility index (Phi) is 4.26. The van der Waals surface area contributed by atoms with Crippen LogP contribution >= 0.6 is 0 Å². The second-order valence-corrected chi connectivity index (χ2v) is 6.74. The molecule has 0 aliphatic rings. The molecule has 0 saturated carbocycles. The monoisotopic (exact) mass is 362 g/mol. The number of benzene rings is 1. The standard InChI is InChI=1S/C16H16F2N6O2/c1-16(2,3)20-12(25)7-23-8-19-14-13(15(23)26)21-22-24(14)11-5-4-9(17)6-10(11)18/h4-6,8H,7H2,1-3H3,(H,20,25). The van der Waals surface area contributed by atoms with E-state index in [1.165, 1.54) is 6.07 Å². The largest absolute Gasteiger partial charge is 0.350 e. The van der Waals surface area contributed by atoms with Crippen LogP contribution in [0.15, 0.2) is 29.3 Å². The highest BCUT2D eigenvalue weighted by Gasteiger charge is 2.18. The van der Waals surface area contributed by atoms with Gasteiger partial charge in [0.05, 0.1) is 0 Å². The lowest BCUT2D eigenvalue weighted by atomic mass is 10.1. The van der Waals surface area contributed by atoms with Crippen molar-refractivity contribution in [1.29, 1.82) is 0 Å². The van der Waals surface area contributed by atoms with Crippen molar-refractivity contribution in [2.24, 2.45) is 0 Å². The number of hydrogen-bond acceptors (Lipinski definition) is 5. The van der Waals surface area contributed by atoms with Crippen molar-refractivity contribution in [3.05, 3.63) is 46.5 Å². The molecule has 2 heterocycles. The Labute approximate surface area is 146 Å². The highest BCUT2D eigenvalue weighted by molar-refractivity contribution is 5.77. The number of hydrogen-bond donors (Lipinski definition) is 1. The van der Waals surface area contributed by atoms with Crippen molar-refractivity contribution in [2.75, 3.05) is 0 Å². The van der Waals surface area contributed by atoms with E-state index in [1.54, 1.807) is 0 Å². The quantitative estimate of drug-likeness (QED) is 0.755.